The van der Waals surface area contributed by atoms with Gasteiger partial charge in [-0.1, -0.05) is 11.6 Å². The molecule has 2 aromatic carbocycles. The minimum atomic E-state index is -0.132. The Morgan fingerprint density at radius 2 is 2.06 bits per heavy atom. The molecular formula is C25H28N6O2. The summed E-state index contributed by atoms with van der Waals surface area (Å²) in [6.07, 6.45) is 5.60. The molecule has 2 aromatic heterocycles. The number of rotatable bonds is 6. The van der Waals surface area contributed by atoms with Gasteiger partial charge >= 0.3 is 0 Å². The number of aryl methyl sites for hydroxylation is 2. The van der Waals surface area contributed by atoms with Crippen molar-refractivity contribution in [3.05, 3.63) is 66.1 Å². The van der Waals surface area contributed by atoms with Gasteiger partial charge in [-0.2, -0.15) is 5.10 Å². The Kier molecular flexibility index (Phi) is 6.04. The molecule has 1 atom stereocenters. The van der Waals surface area contributed by atoms with Gasteiger partial charge in [0.15, 0.2) is 0 Å². The number of fused-ring (bicyclic) bond motifs is 1. The van der Waals surface area contributed by atoms with Crippen molar-refractivity contribution in [1.29, 1.82) is 0 Å². The molecule has 1 fully saturated rings. The van der Waals surface area contributed by atoms with Crippen LogP contribution in [0, 0.1) is 6.92 Å². The summed E-state index contributed by atoms with van der Waals surface area (Å²) < 4.78 is 7.41. The van der Waals surface area contributed by atoms with Gasteiger partial charge in [0.2, 0.25) is 5.95 Å². The summed E-state index contributed by atoms with van der Waals surface area (Å²) in [6.45, 7) is 5.04. The molecule has 1 unspecified atom stereocenters. The van der Waals surface area contributed by atoms with E-state index in [1.807, 2.05) is 31.7 Å². The zero-order valence-electron chi connectivity index (χ0n) is 18.9. The van der Waals surface area contributed by atoms with Crippen LogP contribution in [0.25, 0.3) is 22.0 Å². The molecule has 0 radical (unpaired) electrons. The van der Waals surface area contributed by atoms with Crippen LogP contribution in [0.15, 0.2) is 55.0 Å². The van der Waals surface area contributed by atoms with Crippen molar-refractivity contribution in [1.82, 2.24) is 24.6 Å². The van der Waals surface area contributed by atoms with Gasteiger partial charge in [0.25, 0.3) is 0 Å². The zero-order valence-corrected chi connectivity index (χ0v) is 18.9. The predicted molar refractivity (Wildman–Crippen MR) is 128 cm³/mol. The normalized spacial score (nSPS) is 16.9. The average molecular weight is 445 g/mol. The maximum atomic E-state index is 9.48. The van der Waals surface area contributed by atoms with E-state index in [1.165, 1.54) is 5.56 Å². The number of anilines is 2. The molecule has 5 rings (SSSR count). The molecule has 2 N–H and O–H groups in total. The van der Waals surface area contributed by atoms with Crippen LogP contribution in [0.4, 0.5) is 11.6 Å². The van der Waals surface area contributed by atoms with Crippen LogP contribution in [0.3, 0.4) is 0 Å². The van der Waals surface area contributed by atoms with Gasteiger partial charge in [-0.15, -0.1) is 0 Å². The summed E-state index contributed by atoms with van der Waals surface area (Å²) >= 11 is 0. The topological polar surface area (TPSA) is 88.3 Å². The number of ether oxygens (including phenoxy) is 1. The van der Waals surface area contributed by atoms with Crippen molar-refractivity contribution in [2.45, 2.75) is 19.6 Å². The lowest BCUT2D eigenvalue weighted by molar-refractivity contribution is -0.0550. The van der Waals surface area contributed by atoms with Crippen LogP contribution in [0.5, 0.6) is 0 Å². The SMILES string of the molecule is Cc1ccc2nc(Nc3cc(CN4CCOC(CO)C4)cc(-c4cnn(C)c4)c3)ncc2c1. The molecule has 0 spiro atoms. The van der Waals surface area contributed by atoms with Crippen LogP contribution < -0.4 is 5.32 Å². The second-order valence-electron chi connectivity index (χ2n) is 8.61. The molecular weight excluding hydrogens is 416 g/mol. The molecule has 0 saturated carbocycles. The summed E-state index contributed by atoms with van der Waals surface area (Å²) in [4.78, 5) is 11.5. The Hall–Kier alpha value is -3.33. The largest absolute Gasteiger partial charge is 0.394 e. The Labute approximate surface area is 192 Å². The summed E-state index contributed by atoms with van der Waals surface area (Å²) in [5.74, 6) is 0.562. The molecule has 1 saturated heterocycles. The van der Waals surface area contributed by atoms with Crippen LogP contribution in [0.1, 0.15) is 11.1 Å². The lowest BCUT2D eigenvalue weighted by Gasteiger charge is -2.32. The summed E-state index contributed by atoms with van der Waals surface area (Å²) in [5, 5.41) is 18.2. The van der Waals surface area contributed by atoms with Crippen molar-refractivity contribution in [3.8, 4) is 11.1 Å². The number of nitrogens with one attached hydrogen (secondary N) is 1. The Bertz CT molecular complexity index is 1270. The lowest BCUT2D eigenvalue weighted by atomic mass is 10.0. The second kappa shape index (κ2) is 9.27. The molecule has 8 heteroatoms. The highest BCUT2D eigenvalue weighted by Gasteiger charge is 2.20. The van der Waals surface area contributed by atoms with Gasteiger partial charge in [0.05, 0.1) is 31.0 Å². The zero-order chi connectivity index (χ0) is 22.8. The number of hydrogen-bond acceptors (Lipinski definition) is 7. The molecule has 0 bridgehead atoms. The third-order valence-electron chi connectivity index (χ3n) is 5.86. The first-order chi connectivity index (χ1) is 16.1. The van der Waals surface area contributed by atoms with Crippen molar-refractivity contribution >= 4 is 22.5 Å². The third kappa shape index (κ3) is 5.03. The number of benzene rings is 2. The highest BCUT2D eigenvalue weighted by atomic mass is 16.5. The van der Waals surface area contributed by atoms with Crippen molar-refractivity contribution in [2.24, 2.45) is 7.05 Å². The monoisotopic (exact) mass is 444 g/mol. The average Bonchev–Trinajstić information content (AvgIpc) is 3.25. The van der Waals surface area contributed by atoms with Crippen molar-refractivity contribution in [3.63, 3.8) is 0 Å². The molecule has 33 heavy (non-hydrogen) atoms. The fourth-order valence-corrected chi connectivity index (χ4v) is 4.23. The first-order valence-corrected chi connectivity index (χ1v) is 11.1. The van der Waals surface area contributed by atoms with E-state index in [4.69, 9.17) is 9.72 Å². The standard InChI is InChI=1S/C25H28N6O2/c1-17-3-4-24-20(7-17)11-26-25(29-24)28-22-9-18(13-31-5-6-33-23(15-31)16-32)8-19(10-22)21-12-27-30(2)14-21/h3-4,7-12,14,23,32H,5-6,13,15-16H2,1-2H3,(H,26,28,29). The molecule has 1 aliphatic heterocycles. The number of aromatic nitrogens is 4. The molecule has 3 heterocycles. The van der Waals surface area contributed by atoms with E-state index >= 15 is 0 Å². The third-order valence-corrected chi connectivity index (χ3v) is 5.86. The van der Waals surface area contributed by atoms with E-state index in [0.29, 0.717) is 19.1 Å². The summed E-state index contributed by atoms with van der Waals surface area (Å²) in [6, 6.07) is 12.6. The molecule has 0 amide bonds. The van der Waals surface area contributed by atoms with E-state index in [1.54, 1.807) is 4.68 Å². The fourth-order valence-electron chi connectivity index (χ4n) is 4.23. The highest BCUT2D eigenvalue weighted by Crippen LogP contribution is 2.27. The van der Waals surface area contributed by atoms with Gasteiger partial charge in [-0.25, -0.2) is 9.97 Å². The van der Waals surface area contributed by atoms with Gasteiger partial charge in [0, 0.05) is 55.7 Å². The molecule has 8 nitrogen and oxygen atoms in total. The Morgan fingerprint density at radius 3 is 2.88 bits per heavy atom. The predicted octanol–water partition coefficient (Wildman–Crippen LogP) is 3.28. The van der Waals surface area contributed by atoms with E-state index in [9.17, 15) is 5.11 Å². The first-order valence-electron chi connectivity index (χ1n) is 11.1. The number of morpholine rings is 1. The van der Waals surface area contributed by atoms with E-state index in [-0.39, 0.29) is 12.7 Å². The number of hydrogen-bond donors (Lipinski definition) is 2. The minimum absolute atomic E-state index is 0.0395. The molecule has 1 aliphatic rings. The number of aliphatic hydroxyl groups excluding tert-OH is 1. The van der Waals surface area contributed by atoms with E-state index < -0.39 is 0 Å². The summed E-state index contributed by atoms with van der Waals surface area (Å²) in [5.41, 5.74) is 6.30. The van der Waals surface area contributed by atoms with Crippen molar-refractivity contribution < 1.29 is 9.84 Å². The fraction of sp³-hybridized carbons (Fsp3) is 0.320. The van der Waals surface area contributed by atoms with Crippen LogP contribution in [-0.4, -0.2) is 62.2 Å². The van der Waals surface area contributed by atoms with Crippen molar-refractivity contribution in [2.75, 3.05) is 31.6 Å². The Morgan fingerprint density at radius 1 is 1.15 bits per heavy atom. The van der Waals surface area contributed by atoms with E-state index in [0.717, 1.165) is 46.4 Å². The van der Waals surface area contributed by atoms with Gasteiger partial charge in [0.1, 0.15) is 0 Å². The number of nitrogens with zero attached hydrogens (tertiary/aromatic N) is 5. The molecule has 0 aliphatic carbocycles. The second-order valence-corrected chi connectivity index (χ2v) is 8.61. The first kappa shape index (κ1) is 21.5. The minimum Gasteiger partial charge on any atom is -0.394 e. The van der Waals surface area contributed by atoms with Crippen LogP contribution in [-0.2, 0) is 18.3 Å². The van der Waals surface area contributed by atoms with Crippen LogP contribution >= 0.6 is 0 Å². The lowest BCUT2D eigenvalue weighted by Crippen LogP contribution is -2.43. The van der Waals surface area contributed by atoms with Crippen LogP contribution in [0.2, 0.25) is 0 Å². The van der Waals surface area contributed by atoms with Gasteiger partial charge in [-0.05, 0) is 48.4 Å². The van der Waals surface area contributed by atoms with Gasteiger partial charge < -0.3 is 15.2 Å². The smallest absolute Gasteiger partial charge is 0.227 e. The maximum Gasteiger partial charge on any atom is 0.227 e. The van der Waals surface area contributed by atoms with E-state index in [2.05, 4.69) is 57.6 Å². The molecule has 4 aromatic rings. The Balaban J connectivity index is 1.45. The number of aliphatic hydroxyl groups is 1. The molecule has 170 valence electrons. The van der Waals surface area contributed by atoms with Gasteiger partial charge in [-0.3, -0.25) is 9.58 Å². The maximum absolute atomic E-state index is 9.48. The highest BCUT2D eigenvalue weighted by molar-refractivity contribution is 5.80. The summed E-state index contributed by atoms with van der Waals surface area (Å²) in [7, 11) is 1.92. The quantitative estimate of drug-likeness (QED) is 0.472.